The highest BCUT2D eigenvalue weighted by atomic mass is 16.5. The lowest BCUT2D eigenvalue weighted by atomic mass is 10.7. The third-order valence-corrected chi connectivity index (χ3v) is 0.451. The van der Waals surface area contributed by atoms with Gasteiger partial charge in [0.1, 0.15) is 0 Å². The molecule has 0 aliphatic carbocycles. The molecule has 0 aromatic rings. The molecule has 0 rings (SSSR count). The topological polar surface area (TPSA) is 33.0 Å². The zero-order chi connectivity index (χ0) is 4.83. The van der Waals surface area contributed by atoms with E-state index in [1.807, 2.05) is 6.92 Å². The molecule has 1 N–H and O–H groups in total. The minimum Gasteiger partial charge on any atom is -0.380 e. The predicted molar refractivity (Wildman–Crippen MR) is 24.5 cm³/mol. The van der Waals surface area contributed by atoms with Gasteiger partial charge in [0.2, 0.25) is 0 Å². The summed E-state index contributed by atoms with van der Waals surface area (Å²) in [4.78, 5) is 0. The van der Waals surface area contributed by atoms with E-state index in [4.69, 9.17) is 10.5 Å². The SMILES string of the molecule is CCOCC[NH]. The van der Waals surface area contributed by atoms with E-state index >= 15 is 0 Å². The molecule has 0 aliphatic rings. The standard InChI is InChI=1S/C4H10NO/c1-2-6-4-3-5/h5H,2-4H2,1H3. The zero-order valence-electron chi connectivity index (χ0n) is 4.03. The maximum absolute atomic E-state index is 6.58. The molecule has 0 saturated carbocycles. The maximum atomic E-state index is 6.58. The third kappa shape index (κ3) is 3.92. The molecule has 2 heteroatoms. The average Bonchev–Trinajstić information content (AvgIpc) is 1.61. The molecule has 1 radical (unpaired) electrons. The molecule has 0 aromatic heterocycles. The lowest BCUT2D eigenvalue weighted by Gasteiger charge is -1.91. The first kappa shape index (κ1) is 5.92. The Bertz CT molecular complexity index is 19.5. The summed E-state index contributed by atoms with van der Waals surface area (Å²) in [6, 6.07) is 0. The quantitative estimate of drug-likeness (QED) is 0.457. The van der Waals surface area contributed by atoms with Gasteiger partial charge in [-0.05, 0) is 6.92 Å². The summed E-state index contributed by atoms with van der Waals surface area (Å²) < 4.78 is 4.80. The van der Waals surface area contributed by atoms with Crippen molar-refractivity contribution >= 4 is 0 Å². The second-order valence-corrected chi connectivity index (χ2v) is 0.947. The van der Waals surface area contributed by atoms with E-state index in [2.05, 4.69) is 0 Å². The van der Waals surface area contributed by atoms with Crippen molar-refractivity contribution in [3.8, 4) is 0 Å². The Hall–Kier alpha value is -0.0800. The molecule has 0 aromatic carbocycles. The van der Waals surface area contributed by atoms with Crippen LogP contribution in [-0.4, -0.2) is 19.8 Å². The van der Waals surface area contributed by atoms with Gasteiger partial charge in [-0.2, -0.15) is 0 Å². The first-order valence-corrected chi connectivity index (χ1v) is 2.14. The molecule has 0 spiro atoms. The minimum absolute atomic E-state index is 0.383. The van der Waals surface area contributed by atoms with Gasteiger partial charge in [-0.15, -0.1) is 0 Å². The van der Waals surface area contributed by atoms with Crippen molar-refractivity contribution in [3.05, 3.63) is 0 Å². The molecular weight excluding hydrogens is 78.0 g/mol. The molecule has 0 heterocycles. The van der Waals surface area contributed by atoms with Crippen LogP contribution in [0.15, 0.2) is 0 Å². The molecule has 6 heavy (non-hydrogen) atoms. The van der Waals surface area contributed by atoms with Gasteiger partial charge in [-0.1, -0.05) is 0 Å². The van der Waals surface area contributed by atoms with E-state index in [1.54, 1.807) is 0 Å². The van der Waals surface area contributed by atoms with Crippen molar-refractivity contribution in [2.45, 2.75) is 6.92 Å². The Balaban J connectivity index is 2.34. The summed E-state index contributed by atoms with van der Waals surface area (Å²) >= 11 is 0. The lowest BCUT2D eigenvalue weighted by molar-refractivity contribution is 0.154. The van der Waals surface area contributed by atoms with Gasteiger partial charge in [-0.3, -0.25) is 5.73 Å². The maximum Gasteiger partial charge on any atom is 0.0604 e. The molecule has 0 aliphatic heterocycles. The number of hydrogen-bond acceptors (Lipinski definition) is 1. The van der Waals surface area contributed by atoms with Crippen LogP contribution in [0.5, 0.6) is 0 Å². The summed E-state index contributed by atoms with van der Waals surface area (Å²) in [6.45, 7) is 3.62. The summed E-state index contributed by atoms with van der Waals surface area (Å²) in [5.41, 5.74) is 6.58. The molecule has 0 amide bonds. The molecule has 0 fully saturated rings. The van der Waals surface area contributed by atoms with Crippen molar-refractivity contribution in [2.24, 2.45) is 0 Å². The molecule has 2 nitrogen and oxygen atoms in total. The number of rotatable bonds is 3. The summed E-state index contributed by atoms with van der Waals surface area (Å²) in [5.74, 6) is 0. The highest BCUT2D eigenvalue weighted by Crippen LogP contribution is 1.65. The monoisotopic (exact) mass is 88.1 g/mol. The van der Waals surface area contributed by atoms with Crippen LogP contribution in [0.1, 0.15) is 6.92 Å². The Labute approximate surface area is 38.3 Å². The van der Waals surface area contributed by atoms with Crippen LogP contribution in [0.25, 0.3) is 0 Å². The van der Waals surface area contributed by atoms with Crippen molar-refractivity contribution in [1.82, 2.24) is 5.73 Å². The first-order chi connectivity index (χ1) is 2.91. The Morgan fingerprint density at radius 2 is 2.33 bits per heavy atom. The summed E-state index contributed by atoms with van der Waals surface area (Å²) in [6.07, 6.45) is 0. The summed E-state index contributed by atoms with van der Waals surface area (Å²) in [5, 5.41) is 0. The molecule has 37 valence electrons. The van der Waals surface area contributed by atoms with Gasteiger partial charge < -0.3 is 4.74 Å². The molecule has 0 unspecified atom stereocenters. The van der Waals surface area contributed by atoms with Crippen LogP contribution in [0.2, 0.25) is 0 Å². The van der Waals surface area contributed by atoms with Crippen LogP contribution in [0.3, 0.4) is 0 Å². The zero-order valence-corrected chi connectivity index (χ0v) is 4.03. The van der Waals surface area contributed by atoms with Gasteiger partial charge in [0, 0.05) is 13.2 Å². The average molecular weight is 88.1 g/mol. The Morgan fingerprint density at radius 1 is 1.67 bits per heavy atom. The van der Waals surface area contributed by atoms with E-state index in [0.717, 1.165) is 6.61 Å². The van der Waals surface area contributed by atoms with Crippen LogP contribution in [-0.2, 0) is 4.74 Å². The van der Waals surface area contributed by atoms with E-state index in [-0.39, 0.29) is 0 Å². The number of ether oxygens (including phenoxy) is 1. The molecule has 0 bridgehead atoms. The largest absolute Gasteiger partial charge is 0.380 e. The highest BCUT2D eigenvalue weighted by Gasteiger charge is 1.73. The Morgan fingerprint density at radius 3 is 2.50 bits per heavy atom. The molecule has 0 atom stereocenters. The van der Waals surface area contributed by atoms with Crippen molar-refractivity contribution in [2.75, 3.05) is 19.8 Å². The van der Waals surface area contributed by atoms with E-state index in [0.29, 0.717) is 13.2 Å². The Kier molecular flexibility index (Phi) is 4.85. The van der Waals surface area contributed by atoms with Crippen LogP contribution >= 0.6 is 0 Å². The molecular formula is C4H10NO. The first-order valence-electron chi connectivity index (χ1n) is 2.14. The van der Waals surface area contributed by atoms with Gasteiger partial charge in [-0.25, -0.2) is 0 Å². The van der Waals surface area contributed by atoms with Crippen LogP contribution in [0.4, 0.5) is 0 Å². The van der Waals surface area contributed by atoms with Gasteiger partial charge in [0.25, 0.3) is 0 Å². The lowest BCUT2D eigenvalue weighted by Crippen LogP contribution is -1.98. The predicted octanol–water partition coefficient (Wildman–Crippen LogP) is 0.306. The van der Waals surface area contributed by atoms with Crippen molar-refractivity contribution in [1.29, 1.82) is 0 Å². The third-order valence-electron chi connectivity index (χ3n) is 0.451. The van der Waals surface area contributed by atoms with Crippen molar-refractivity contribution in [3.63, 3.8) is 0 Å². The smallest absolute Gasteiger partial charge is 0.0604 e. The van der Waals surface area contributed by atoms with Crippen LogP contribution in [0, 0.1) is 0 Å². The van der Waals surface area contributed by atoms with Gasteiger partial charge >= 0.3 is 0 Å². The van der Waals surface area contributed by atoms with E-state index in [1.165, 1.54) is 0 Å². The van der Waals surface area contributed by atoms with Gasteiger partial charge in [0.05, 0.1) is 6.61 Å². The van der Waals surface area contributed by atoms with Crippen LogP contribution < -0.4 is 5.73 Å². The second-order valence-electron chi connectivity index (χ2n) is 0.947. The van der Waals surface area contributed by atoms with E-state index < -0.39 is 0 Å². The number of nitrogens with one attached hydrogen (secondary N) is 1. The fourth-order valence-electron chi connectivity index (χ4n) is 0.217. The fourth-order valence-corrected chi connectivity index (χ4v) is 0.217. The highest BCUT2D eigenvalue weighted by molar-refractivity contribution is 4.24. The van der Waals surface area contributed by atoms with Crippen molar-refractivity contribution < 1.29 is 4.74 Å². The summed E-state index contributed by atoms with van der Waals surface area (Å²) in [7, 11) is 0. The second kappa shape index (κ2) is 4.92. The fraction of sp³-hybridized carbons (Fsp3) is 1.00. The minimum atomic E-state index is 0.383. The van der Waals surface area contributed by atoms with E-state index in [9.17, 15) is 0 Å². The normalized spacial score (nSPS) is 9.00. The number of hydrogen-bond donors (Lipinski definition) is 0. The molecule has 0 saturated heterocycles. The van der Waals surface area contributed by atoms with Gasteiger partial charge in [0.15, 0.2) is 0 Å².